The number of ether oxygens (including phenoxy) is 1. The summed E-state index contributed by atoms with van der Waals surface area (Å²) < 4.78 is 31.9. The number of sulfonamides is 1. The molecule has 2 rings (SSSR count). The van der Waals surface area contributed by atoms with E-state index in [9.17, 15) is 13.2 Å². The number of carbonyl (C=O) groups excluding carboxylic acids is 1. The Morgan fingerprint density at radius 3 is 2.50 bits per heavy atom. The van der Waals surface area contributed by atoms with E-state index in [1.165, 1.54) is 30.3 Å². The summed E-state index contributed by atoms with van der Waals surface area (Å²) in [6.45, 7) is 0.785. The molecule has 0 radical (unpaired) electrons. The van der Waals surface area contributed by atoms with Crippen molar-refractivity contribution in [2.45, 2.75) is 4.90 Å². The first-order chi connectivity index (χ1) is 11.4. The van der Waals surface area contributed by atoms with Crippen molar-refractivity contribution in [2.24, 2.45) is 0 Å². The summed E-state index contributed by atoms with van der Waals surface area (Å²) in [5.74, 6) is -0.293. The van der Waals surface area contributed by atoms with E-state index in [-0.39, 0.29) is 10.8 Å². The van der Waals surface area contributed by atoms with Crippen LogP contribution in [0, 0.1) is 0 Å². The zero-order valence-electron chi connectivity index (χ0n) is 13.0. The summed E-state index contributed by atoms with van der Waals surface area (Å²) in [6.07, 6.45) is 0. The largest absolute Gasteiger partial charge is 0.383 e. The predicted octanol–water partition coefficient (Wildman–Crippen LogP) is 2.52. The molecule has 2 aromatic carbocycles. The van der Waals surface area contributed by atoms with Gasteiger partial charge in [0.2, 0.25) is 0 Å². The molecule has 2 N–H and O–H groups in total. The van der Waals surface area contributed by atoms with Crippen LogP contribution in [0.2, 0.25) is 5.02 Å². The molecule has 0 aliphatic carbocycles. The molecule has 0 unspecified atom stereocenters. The fraction of sp³-hybridized carbons (Fsp3) is 0.188. The number of hydrogen-bond donors (Lipinski definition) is 2. The standard InChI is InChI=1S/C16H17ClN2O4S/c1-23-10-9-18-16(20)12-5-7-15(8-6-12)24(21,22)19-14-4-2-3-13(17)11-14/h2-8,11,19H,9-10H2,1H3,(H,18,20). The van der Waals surface area contributed by atoms with Gasteiger partial charge in [-0.05, 0) is 42.5 Å². The molecule has 0 atom stereocenters. The molecule has 1 amide bonds. The first-order valence-electron chi connectivity index (χ1n) is 7.08. The summed E-state index contributed by atoms with van der Waals surface area (Å²) >= 11 is 5.84. The van der Waals surface area contributed by atoms with Crippen molar-refractivity contribution in [1.82, 2.24) is 5.32 Å². The van der Waals surface area contributed by atoms with Crippen LogP contribution in [0.1, 0.15) is 10.4 Å². The second kappa shape index (κ2) is 8.14. The van der Waals surface area contributed by atoms with Gasteiger partial charge in [0.25, 0.3) is 15.9 Å². The smallest absolute Gasteiger partial charge is 0.261 e. The minimum absolute atomic E-state index is 0.0518. The van der Waals surface area contributed by atoms with E-state index in [2.05, 4.69) is 10.0 Å². The zero-order chi connectivity index (χ0) is 17.6. The molecule has 0 heterocycles. The van der Waals surface area contributed by atoms with Crippen LogP contribution in [-0.4, -0.2) is 34.6 Å². The Kier molecular flexibility index (Phi) is 6.19. The van der Waals surface area contributed by atoms with Crippen LogP contribution in [0.5, 0.6) is 0 Å². The van der Waals surface area contributed by atoms with Crippen molar-refractivity contribution in [3.05, 3.63) is 59.1 Å². The summed E-state index contributed by atoms with van der Waals surface area (Å²) in [5, 5.41) is 3.09. The minimum atomic E-state index is -3.75. The van der Waals surface area contributed by atoms with Crippen molar-refractivity contribution < 1.29 is 17.9 Å². The average Bonchev–Trinajstić information content (AvgIpc) is 2.55. The first-order valence-corrected chi connectivity index (χ1v) is 8.94. The molecule has 24 heavy (non-hydrogen) atoms. The van der Waals surface area contributed by atoms with Crippen LogP contribution in [0.4, 0.5) is 5.69 Å². The van der Waals surface area contributed by atoms with Crippen LogP contribution in [0.3, 0.4) is 0 Å². The molecule has 128 valence electrons. The molecule has 0 aliphatic rings. The molecule has 6 nitrogen and oxygen atoms in total. The summed E-state index contributed by atoms with van der Waals surface area (Å²) in [5.41, 5.74) is 0.733. The topological polar surface area (TPSA) is 84.5 Å². The fourth-order valence-corrected chi connectivity index (χ4v) is 3.16. The van der Waals surface area contributed by atoms with Crippen LogP contribution in [-0.2, 0) is 14.8 Å². The lowest BCUT2D eigenvalue weighted by molar-refractivity contribution is 0.0937. The van der Waals surface area contributed by atoms with Gasteiger partial charge in [-0.25, -0.2) is 8.42 Å². The second-order valence-electron chi connectivity index (χ2n) is 4.89. The summed E-state index contributed by atoms with van der Waals surface area (Å²) in [6, 6.07) is 12.1. The molecule has 0 saturated heterocycles. The van der Waals surface area contributed by atoms with Crippen LogP contribution < -0.4 is 10.0 Å². The number of rotatable bonds is 7. The lowest BCUT2D eigenvalue weighted by Crippen LogP contribution is -2.26. The Hall–Kier alpha value is -2.09. The van der Waals surface area contributed by atoms with Crippen molar-refractivity contribution >= 4 is 33.2 Å². The van der Waals surface area contributed by atoms with Gasteiger partial charge in [0.1, 0.15) is 0 Å². The zero-order valence-corrected chi connectivity index (χ0v) is 14.5. The third-order valence-electron chi connectivity index (χ3n) is 3.10. The number of hydrogen-bond acceptors (Lipinski definition) is 4. The quantitative estimate of drug-likeness (QED) is 0.735. The Labute approximate surface area is 145 Å². The third kappa shape index (κ3) is 4.95. The van der Waals surface area contributed by atoms with E-state index in [4.69, 9.17) is 16.3 Å². The van der Waals surface area contributed by atoms with Crippen LogP contribution >= 0.6 is 11.6 Å². The number of carbonyl (C=O) groups is 1. The molecule has 8 heteroatoms. The van der Waals surface area contributed by atoms with E-state index in [0.29, 0.717) is 29.4 Å². The molecule has 0 spiro atoms. The van der Waals surface area contributed by atoms with Crippen molar-refractivity contribution in [2.75, 3.05) is 25.0 Å². The van der Waals surface area contributed by atoms with E-state index in [0.717, 1.165) is 0 Å². The maximum Gasteiger partial charge on any atom is 0.261 e. The highest BCUT2D eigenvalue weighted by atomic mass is 35.5. The fourth-order valence-electron chi connectivity index (χ4n) is 1.92. The Bertz CT molecular complexity index is 807. The molecule has 0 fully saturated rings. The lowest BCUT2D eigenvalue weighted by atomic mass is 10.2. The van der Waals surface area contributed by atoms with Gasteiger partial charge < -0.3 is 10.1 Å². The van der Waals surface area contributed by atoms with Gasteiger partial charge in [0, 0.05) is 24.2 Å². The van der Waals surface area contributed by atoms with Crippen molar-refractivity contribution in [3.8, 4) is 0 Å². The number of benzene rings is 2. The molecule has 0 aromatic heterocycles. The Balaban J connectivity index is 2.10. The maximum absolute atomic E-state index is 12.3. The molecule has 2 aromatic rings. The van der Waals surface area contributed by atoms with Gasteiger partial charge in [-0.2, -0.15) is 0 Å². The normalized spacial score (nSPS) is 11.1. The van der Waals surface area contributed by atoms with E-state index < -0.39 is 10.0 Å². The Morgan fingerprint density at radius 1 is 1.17 bits per heavy atom. The summed E-state index contributed by atoms with van der Waals surface area (Å²) in [7, 11) is -2.21. The SMILES string of the molecule is COCCNC(=O)c1ccc(S(=O)(=O)Nc2cccc(Cl)c2)cc1. The minimum Gasteiger partial charge on any atom is -0.383 e. The number of methoxy groups -OCH3 is 1. The van der Waals surface area contributed by atoms with Gasteiger partial charge in [0.15, 0.2) is 0 Å². The molecule has 0 saturated carbocycles. The monoisotopic (exact) mass is 368 g/mol. The van der Waals surface area contributed by atoms with Gasteiger partial charge in [-0.1, -0.05) is 17.7 Å². The third-order valence-corrected chi connectivity index (χ3v) is 4.73. The summed E-state index contributed by atoms with van der Waals surface area (Å²) in [4.78, 5) is 11.9. The van der Waals surface area contributed by atoms with E-state index in [1.807, 2.05) is 0 Å². The second-order valence-corrected chi connectivity index (χ2v) is 7.01. The highest BCUT2D eigenvalue weighted by Gasteiger charge is 2.15. The van der Waals surface area contributed by atoms with Gasteiger partial charge in [-0.15, -0.1) is 0 Å². The lowest BCUT2D eigenvalue weighted by Gasteiger charge is -2.09. The number of halogens is 1. The number of amides is 1. The first kappa shape index (κ1) is 18.3. The number of anilines is 1. The molecule has 0 aliphatic heterocycles. The van der Waals surface area contributed by atoms with Gasteiger partial charge in [-0.3, -0.25) is 9.52 Å². The van der Waals surface area contributed by atoms with Crippen molar-refractivity contribution in [3.63, 3.8) is 0 Å². The van der Waals surface area contributed by atoms with Gasteiger partial charge >= 0.3 is 0 Å². The Morgan fingerprint density at radius 2 is 1.88 bits per heavy atom. The number of nitrogens with one attached hydrogen (secondary N) is 2. The van der Waals surface area contributed by atoms with E-state index in [1.54, 1.807) is 25.3 Å². The highest BCUT2D eigenvalue weighted by molar-refractivity contribution is 7.92. The highest BCUT2D eigenvalue weighted by Crippen LogP contribution is 2.19. The molecular weight excluding hydrogens is 352 g/mol. The predicted molar refractivity (Wildman–Crippen MR) is 92.9 cm³/mol. The maximum atomic E-state index is 12.3. The van der Waals surface area contributed by atoms with Gasteiger partial charge in [0.05, 0.1) is 17.2 Å². The van der Waals surface area contributed by atoms with E-state index >= 15 is 0 Å². The van der Waals surface area contributed by atoms with Crippen LogP contribution in [0.15, 0.2) is 53.4 Å². The van der Waals surface area contributed by atoms with Crippen molar-refractivity contribution in [1.29, 1.82) is 0 Å². The average molecular weight is 369 g/mol. The molecular formula is C16H17ClN2O4S. The van der Waals surface area contributed by atoms with Crippen LogP contribution in [0.25, 0.3) is 0 Å². The molecule has 0 bridgehead atoms.